The Balaban J connectivity index is 1.98. The number of likely N-dealkylation sites (N-methyl/N-ethyl adjacent to an activating group) is 1. The molecule has 1 saturated heterocycles. The molecular formula is C24H26F5N5O4. The lowest BCUT2D eigenvalue weighted by Gasteiger charge is -2.32. The number of carbonyl (C=O) groups is 3. The first-order valence-corrected chi connectivity index (χ1v) is 11.4. The van der Waals surface area contributed by atoms with Gasteiger partial charge in [0.15, 0.2) is 11.5 Å². The Bertz CT molecular complexity index is 1260. The van der Waals surface area contributed by atoms with Crippen molar-refractivity contribution in [1.82, 2.24) is 14.9 Å². The van der Waals surface area contributed by atoms with Crippen LogP contribution in [0.25, 0.3) is 11.3 Å². The van der Waals surface area contributed by atoms with Gasteiger partial charge in [0.2, 0.25) is 5.91 Å². The molecule has 2 N–H and O–H groups in total. The molecule has 0 spiro atoms. The van der Waals surface area contributed by atoms with Gasteiger partial charge in [-0.15, -0.1) is 0 Å². The summed E-state index contributed by atoms with van der Waals surface area (Å²) in [6, 6.07) is -0.452. The summed E-state index contributed by atoms with van der Waals surface area (Å²) in [4.78, 5) is 46.6. The summed E-state index contributed by atoms with van der Waals surface area (Å²) in [5, 5.41) is 0. The largest absolute Gasteiger partial charge is 0.444 e. The molecular weight excluding hydrogens is 517 g/mol. The van der Waals surface area contributed by atoms with Gasteiger partial charge in [0.25, 0.3) is 5.91 Å². The van der Waals surface area contributed by atoms with Crippen LogP contribution in [0, 0.1) is 5.82 Å². The van der Waals surface area contributed by atoms with Crippen LogP contribution in [0.3, 0.4) is 0 Å². The van der Waals surface area contributed by atoms with E-state index < -0.39 is 65.0 Å². The Morgan fingerprint density at radius 3 is 2.32 bits per heavy atom. The van der Waals surface area contributed by atoms with Crippen molar-refractivity contribution in [2.45, 2.75) is 64.1 Å². The molecule has 14 heteroatoms. The van der Waals surface area contributed by atoms with Crippen LogP contribution in [0.15, 0.2) is 24.5 Å². The average molecular weight is 543 g/mol. The highest BCUT2D eigenvalue weighted by atomic mass is 19.4. The second-order valence-electron chi connectivity index (χ2n) is 9.80. The Labute approximate surface area is 214 Å². The number of ether oxygens (including phenoxy) is 1. The fraction of sp³-hybridized carbons (Fsp3) is 0.458. The van der Waals surface area contributed by atoms with Crippen molar-refractivity contribution in [1.29, 1.82) is 0 Å². The number of anilines is 1. The minimum atomic E-state index is -4.95. The number of rotatable bonds is 4. The summed E-state index contributed by atoms with van der Waals surface area (Å²) in [7, 11) is 1.19. The van der Waals surface area contributed by atoms with Gasteiger partial charge in [0.1, 0.15) is 17.8 Å². The molecule has 3 amide bonds. The first-order chi connectivity index (χ1) is 17.4. The topological polar surface area (TPSA) is 119 Å². The minimum absolute atomic E-state index is 0.109. The quantitative estimate of drug-likeness (QED) is 0.580. The maximum atomic E-state index is 14.8. The monoisotopic (exact) mass is 543 g/mol. The van der Waals surface area contributed by atoms with Crippen molar-refractivity contribution in [2.75, 3.05) is 11.9 Å². The van der Waals surface area contributed by atoms with Crippen LogP contribution in [-0.2, 0) is 15.7 Å². The van der Waals surface area contributed by atoms with E-state index in [-0.39, 0.29) is 23.4 Å². The van der Waals surface area contributed by atoms with Gasteiger partial charge in [0, 0.05) is 25.2 Å². The fourth-order valence-corrected chi connectivity index (χ4v) is 4.01. The van der Waals surface area contributed by atoms with E-state index in [1.54, 1.807) is 20.8 Å². The third-order valence-corrected chi connectivity index (χ3v) is 5.88. The van der Waals surface area contributed by atoms with Crippen LogP contribution in [0.4, 0.5) is 32.4 Å². The molecule has 1 aliphatic heterocycles. The molecule has 206 valence electrons. The van der Waals surface area contributed by atoms with Crippen molar-refractivity contribution in [3.63, 3.8) is 0 Å². The number of alkyl halides is 4. The van der Waals surface area contributed by atoms with E-state index in [4.69, 9.17) is 10.5 Å². The molecule has 9 nitrogen and oxygen atoms in total. The minimum Gasteiger partial charge on any atom is -0.444 e. The molecule has 38 heavy (non-hydrogen) atoms. The van der Waals surface area contributed by atoms with Crippen molar-refractivity contribution < 1.29 is 41.1 Å². The molecule has 0 aromatic carbocycles. The number of amides is 3. The van der Waals surface area contributed by atoms with Crippen molar-refractivity contribution >= 4 is 23.6 Å². The average Bonchev–Trinajstić information content (AvgIpc) is 3.10. The zero-order valence-electron chi connectivity index (χ0n) is 21.1. The third-order valence-electron chi connectivity index (χ3n) is 5.88. The summed E-state index contributed by atoms with van der Waals surface area (Å²) in [6.45, 7) is 6.24. The zero-order valence-corrected chi connectivity index (χ0v) is 21.1. The number of aromatic nitrogens is 2. The molecule has 2 aromatic heterocycles. The molecule has 3 rings (SSSR count). The maximum Gasteiger partial charge on any atom is 0.434 e. The summed E-state index contributed by atoms with van der Waals surface area (Å²) < 4.78 is 74.3. The first kappa shape index (κ1) is 28.7. The first-order valence-electron chi connectivity index (χ1n) is 11.4. The zero-order chi connectivity index (χ0) is 28.7. The number of nitrogens with zero attached hydrogens (tertiary/aromatic N) is 4. The van der Waals surface area contributed by atoms with E-state index in [0.717, 1.165) is 34.3 Å². The highest BCUT2D eigenvalue weighted by molar-refractivity contribution is 5.99. The van der Waals surface area contributed by atoms with E-state index in [1.165, 1.54) is 14.0 Å². The van der Waals surface area contributed by atoms with Crippen LogP contribution in [-0.4, -0.2) is 63.7 Å². The molecule has 2 aromatic rings. The Morgan fingerprint density at radius 1 is 1.13 bits per heavy atom. The van der Waals surface area contributed by atoms with E-state index in [2.05, 4.69) is 9.97 Å². The van der Waals surface area contributed by atoms with E-state index in [1.807, 2.05) is 0 Å². The second-order valence-corrected chi connectivity index (χ2v) is 9.80. The lowest BCUT2D eigenvalue weighted by Crippen LogP contribution is -2.50. The van der Waals surface area contributed by atoms with Gasteiger partial charge in [-0.3, -0.25) is 24.5 Å². The number of likely N-dealkylation sites (tertiary alicyclic amines) is 1. The van der Waals surface area contributed by atoms with Crippen LogP contribution in [0.1, 0.15) is 50.2 Å². The van der Waals surface area contributed by atoms with Gasteiger partial charge in [0.05, 0.1) is 29.2 Å². The number of carbonyl (C=O) groups excluding carboxylic acids is 3. The summed E-state index contributed by atoms with van der Waals surface area (Å²) in [5.74, 6) is -3.20. The van der Waals surface area contributed by atoms with E-state index >= 15 is 0 Å². The predicted molar refractivity (Wildman–Crippen MR) is 125 cm³/mol. The van der Waals surface area contributed by atoms with Crippen molar-refractivity contribution in [3.8, 4) is 11.3 Å². The Morgan fingerprint density at radius 2 is 1.76 bits per heavy atom. The number of nitrogens with two attached hydrogens (primary N) is 1. The third kappa shape index (κ3) is 5.83. The van der Waals surface area contributed by atoms with Gasteiger partial charge in [-0.05, 0) is 39.8 Å². The van der Waals surface area contributed by atoms with Crippen LogP contribution in [0.5, 0.6) is 0 Å². The maximum absolute atomic E-state index is 14.8. The summed E-state index contributed by atoms with van der Waals surface area (Å²) in [6.07, 6.45) is -6.28. The van der Waals surface area contributed by atoms with Gasteiger partial charge in [-0.1, -0.05) is 0 Å². The molecule has 3 heterocycles. The molecule has 3 atom stereocenters. The molecule has 0 saturated carbocycles. The van der Waals surface area contributed by atoms with Crippen molar-refractivity contribution in [2.24, 2.45) is 5.73 Å². The number of halogens is 5. The number of hydrogen-bond donors (Lipinski definition) is 1. The summed E-state index contributed by atoms with van der Waals surface area (Å²) in [5.41, 5.74) is 1.14. The van der Waals surface area contributed by atoms with Gasteiger partial charge in [-0.2, -0.15) is 13.2 Å². The number of pyridine rings is 2. The van der Waals surface area contributed by atoms with Crippen LogP contribution >= 0.6 is 0 Å². The van der Waals surface area contributed by atoms with Crippen LogP contribution < -0.4 is 10.6 Å². The number of hydrogen-bond acceptors (Lipinski definition) is 6. The lowest BCUT2D eigenvalue weighted by molar-refractivity contribution is -0.141. The van der Waals surface area contributed by atoms with E-state index in [0.29, 0.717) is 0 Å². The summed E-state index contributed by atoms with van der Waals surface area (Å²) >= 11 is 0. The fourth-order valence-electron chi connectivity index (χ4n) is 4.01. The smallest absolute Gasteiger partial charge is 0.434 e. The van der Waals surface area contributed by atoms with E-state index in [9.17, 15) is 36.3 Å². The van der Waals surface area contributed by atoms with Crippen LogP contribution in [0.2, 0.25) is 0 Å². The second kappa shape index (κ2) is 10.1. The highest BCUT2D eigenvalue weighted by Gasteiger charge is 2.48. The van der Waals surface area contributed by atoms with Gasteiger partial charge >= 0.3 is 12.3 Å². The number of primary amides is 1. The van der Waals surface area contributed by atoms with Crippen molar-refractivity contribution in [3.05, 3.63) is 41.6 Å². The lowest BCUT2D eigenvalue weighted by atomic mass is 10.1. The standard InChI is InChI=1S/C24H26F5N5O4/c1-11-14(25)7-18(34(11)22(37)38-23(2,3)4)21(36)33(5)17-8-16(31-10-15(17)26)12-6-13(20(30)35)19(32-9-12)24(27,28)29/h6,8-11,14,18H,7H2,1-5H3,(H2,30,35)/t11-,14+,18-/m0/s1. The Kier molecular flexibility index (Phi) is 7.66. The highest BCUT2D eigenvalue weighted by Crippen LogP contribution is 2.34. The predicted octanol–water partition coefficient (Wildman–Crippen LogP) is 4.10. The molecule has 1 aliphatic rings. The normalized spacial score (nSPS) is 19.8. The van der Waals surface area contributed by atoms with Gasteiger partial charge in [-0.25, -0.2) is 13.6 Å². The molecule has 0 radical (unpaired) electrons. The molecule has 1 fully saturated rings. The SMILES string of the molecule is C[C@H]1[C@H](F)C[C@@H](C(=O)N(C)c2cc(-c3cnc(C(F)(F)F)c(C(N)=O)c3)ncc2F)N1C(=O)OC(C)(C)C. The molecule has 0 unspecified atom stereocenters. The molecule has 0 bridgehead atoms. The Hall–Kier alpha value is -3.84. The van der Waals surface area contributed by atoms with Gasteiger partial charge < -0.3 is 15.4 Å². The molecule has 0 aliphatic carbocycles.